The molecule has 0 amide bonds. The Morgan fingerprint density at radius 3 is 2.36 bits per heavy atom. The van der Waals surface area contributed by atoms with Gasteiger partial charge in [0.05, 0.1) is 6.61 Å². The van der Waals surface area contributed by atoms with Gasteiger partial charge >= 0.3 is 0 Å². The second-order valence-electron chi connectivity index (χ2n) is 2.58. The predicted octanol–water partition coefficient (Wildman–Crippen LogP) is 1.33. The smallest absolute Gasteiger partial charge is 0.222 e. The monoisotopic (exact) mass is 198 g/mol. The van der Waals surface area contributed by atoms with Gasteiger partial charge in [0.2, 0.25) is 6.29 Å². The van der Waals surface area contributed by atoms with Crippen molar-refractivity contribution < 1.29 is 14.6 Å². The second-order valence-corrected chi connectivity index (χ2v) is 2.58. The van der Waals surface area contributed by atoms with Crippen molar-refractivity contribution in [3.8, 4) is 11.8 Å². The van der Waals surface area contributed by atoms with Gasteiger partial charge < -0.3 is 14.6 Å². The Hall–Kier alpha value is -0.820. The molecule has 0 fully saturated rings. The van der Waals surface area contributed by atoms with Gasteiger partial charge in [0.1, 0.15) is 0 Å². The Balaban J connectivity index is 4.17. The SMILES string of the molecule is CCOC(C#C/C(C)=C/CO)OCC. The minimum atomic E-state index is -0.466. The van der Waals surface area contributed by atoms with Crippen LogP contribution in [0.4, 0.5) is 0 Å². The Kier molecular flexibility index (Phi) is 8.25. The third-order valence-corrected chi connectivity index (χ3v) is 1.42. The summed E-state index contributed by atoms with van der Waals surface area (Å²) in [5.74, 6) is 5.69. The third-order valence-electron chi connectivity index (χ3n) is 1.42. The van der Waals surface area contributed by atoms with Gasteiger partial charge in [-0.3, -0.25) is 0 Å². The number of rotatable bonds is 5. The lowest BCUT2D eigenvalue weighted by Gasteiger charge is -2.09. The second kappa shape index (κ2) is 8.76. The van der Waals surface area contributed by atoms with Crippen LogP contribution < -0.4 is 0 Å². The fourth-order valence-corrected chi connectivity index (χ4v) is 0.795. The third kappa shape index (κ3) is 6.67. The van der Waals surface area contributed by atoms with Crippen molar-refractivity contribution >= 4 is 0 Å². The van der Waals surface area contributed by atoms with E-state index in [-0.39, 0.29) is 6.61 Å². The highest BCUT2D eigenvalue weighted by atomic mass is 16.7. The van der Waals surface area contributed by atoms with E-state index in [4.69, 9.17) is 14.6 Å². The molecule has 80 valence electrons. The largest absolute Gasteiger partial charge is 0.392 e. The normalized spacial score (nSPS) is 11.4. The molecule has 0 bridgehead atoms. The maximum Gasteiger partial charge on any atom is 0.222 e. The van der Waals surface area contributed by atoms with Gasteiger partial charge in [-0.25, -0.2) is 0 Å². The average Bonchev–Trinajstić information content (AvgIpc) is 2.15. The molecule has 0 saturated heterocycles. The van der Waals surface area contributed by atoms with Crippen LogP contribution in [0.15, 0.2) is 11.6 Å². The van der Waals surface area contributed by atoms with Crippen molar-refractivity contribution in [2.24, 2.45) is 0 Å². The molecular weight excluding hydrogens is 180 g/mol. The zero-order valence-corrected chi connectivity index (χ0v) is 9.04. The zero-order chi connectivity index (χ0) is 10.8. The zero-order valence-electron chi connectivity index (χ0n) is 9.04. The fourth-order valence-electron chi connectivity index (χ4n) is 0.795. The maximum absolute atomic E-state index is 8.60. The van der Waals surface area contributed by atoms with E-state index in [0.717, 1.165) is 5.57 Å². The number of hydrogen-bond acceptors (Lipinski definition) is 3. The summed E-state index contributed by atoms with van der Waals surface area (Å²) in [5, 5.41) is 8.60. The molecule has 0 atom stereocenters. The van der Waals surface area contributed by atoms with Crippen LogP contribution in [0.1, 0.15) is 20.8 Å². The molecule has 3 heteroatoms. The van der Waals surface area contributed by atoms with Crippen molar-refractivity contribution in [1.82, 2.24) is 0 Å². The van der Waals surface area contributed by atoms with Crippen LogP contribution in [0.25, 0.3) is 0 Å². The molecule has 0 aliphatic rings. The molecular formula is C11H18O3. The molecule has 0 aromatic carbocycles. The van der Waals surface area contributed by atoms with Gasteiger partial charge in [-0.15, -0.1) is 0 Å². The van der Waals surface area contributed by atoms with Crippen molar-refractivity contribution in [2.75, 3.05) is 19.8 Å². The molecule has 0 aliphatic carbocycles. The molecule has 0 unspecified atom stereocenters. The van der Waals surface area contributed by atoms with E-state index in [1.165, 1.54) is 0 Å². The molecule has 0 aliphatic heterocycles. The summed E-state index contributed by atoms with van der Waals surface area (Å²) in [5.41, 5.74) is 0.817. The minimum absolute atomic E-state index is 0.00838. The first-order valence-electron chi connectivity index (χ1n) is 4.76. The number of aliphatic hydroxyl groups is 1. The molecule has 0 saturated carbocycles. The molecule has 0 aromatic heterocycles. The number of ether oxygens (including phenoxy) is 2. The molecule has 0 heterocycles. The summed E-state index contributed by atoms with van der Waals surface area (Å²) in [6.07, 6.45) is 1.18. The summed E-state index contributed by atoms with van der Waals surface area (Å²) in [6, 6.07) is 0. The van der Waals surface area contributed by atoms with E-state index in [2.05, 4.69) is 11.8 Å². The average molecular weight is 198 g/mol. The fraction of sp³-hybridized carbons (Fsp3) is 0.636. The molecule has 0 rings (SSSR count). The standard InChI is InChI=1S/C11H18O3/c1-4-13-11(14-5-2)7-6-10(3)8-9-12/h8,11-12H,4-5,9H2,1-3H3/b10-8+. The topological polar surface area (TPSA) is 38.7 Å². The first kappa shape index (κ1) is 13.2. The van der Waals surface area contributed by atoms with E-state index in [1.807, 2.05) is 20.8 Å². The van der Waals surface area contributed by atoms with E-state index >= 15 is 0 Å². The molecule has 0 aromatic rings. The Morgan fingerprint density at radius 1 is 1.36 bits per heavy atom. The lowest BCUT2D eigenvalue weighted by Crippen LogP contribution is -2.14. The minimum Gasteiger partial charge on any atom is -0.392 e. The molecule has 0 radical (unpaired) electrons. The van der Waals surface area contributed by atoms with Gasteiger partial charge in [0.15, 0.2) is 0 Å². The maximum atomic E-state index is 8.60. The van der Waals surface area contributed by atoms with Crippen LogP contribution >= 0.6 is 0 Å². The highest BCUT2D eigenvalue weighted by molar-refractivity contribution is 5.27. The van der Waals surface area contributed by atoms with Crippen molar-refractivity contribution in [3.63, 3.8) is 0 Å². The Labute approximate surface area is 85.7 Å². The van der Waals surface area contributed by atoms with Gasteiger partial charge in [-0.2, -0.15) is 0 Å². The van der Waals surface area contributed by atoms with E-state index in [1.54, 1.807) is 6.08 Å². The highest BCUT2D eigenvalue weighted by Gasteiger charge is 2.00. The first-order valence-corrected chi connectivity index (χ1v) is 4.76. The van der Waals surface area contributed by atoms with Gasteiger partial charge in [-0.05, 0) is 38.3 Å². The van der Waals surface area contributed by atoms with Crippen LogP contribution in [0.2, 0.25) is 0 Å². The van der Waals surface area contributed by atoms with Crippen molar-refractivity contribution in [2.45, 2.75) is 27.1 Å². The summed E-state index contributed by atoms with van der Waals surface area (Å²) < 4.78 is 10.5. The summed E-state index contributed by atoms with van der Waals surface area (Å²) in [6.45, 7) is 6.77. The van der Waals surface area contributed by atoms with Crippen molar-refractivity contribution in [1.29, 1.82) is 0 Å². The van der Waals surface area contributed by atoms with Gasteiger partial charge in [0.25, 0.3) is 0 Å². The van der Waals surface area contributed by atoms with E-state index in [9.17, 15) is 0 Å². The van der Waals surface area contributed by atoms with Gasteiger partial charge in [0, 0.05) is 13.2 Å². The van der Waals surface area contributed by atoms with Crippen molar-refractivity contribution in [3.05, 3.63) is 11.6 Å². The lowest BCUT2D eigenvalue weighted by atomic mass is 10.3. The molecule has 3 nitrogen and oxygen atoms in total. The number of aliphatic hydroxyl groups excluding tert-OH is 1. The van der Waals surface area contributed by atoms with Crippen LogP contribution in [0, 0.1) is 11.8 Å². The van der Waals surface area contributed by atoms with Crippen LogP contribution in [-0.2, 0) is 9.47 Å². The van der Waals surface area contributed by atoms with E-state index in [0.29, 0.717) is 13.2 Å². The van der Waals surface area contributed by atoms with Crippen LogP contribution in [-0.4, -0.2) is 31.2 Å². The summed E-state index contributed by atoms with van der Waals surface area (Å²) >= 11 is 0. The van der Waals surface area contributed by atoms with Gasteiger partial charge in [-0.1, -0.05) is 5.92 Å². The quantitative estimate of drug-likeness (QED) is 0.535. The number of allylic oxidation sites excluding steroid dienone is 1. The highest BCUT2D eigenvalue weighted by Crippen LogP contribution is 1.95. The predicted molar refractivity (Wildman–Crippen MR) is 55.7 cm³/mol. The Bertz CT molecular complexity index is 216. The van der Waals surface area contributed by atoms with Crippen LogP contribution in [0.5, 0.6) is 0 Å². The Morgan fingerprint density at radius 2 is 1.93 bits per heavy atom. The first-order chi connectivity index (χ1) is 6.74. The molecule has 14 heavy (non-hydrogen) atoms. The number of hydrogen-bond donors (Lipinski definition) is 1. The summed E-state index contributed by atoms with van der Waals surface area (Å²) in [7, 11) is 0. The summed E-state index contributed by atoms with van der Waals surface area (Å²) in [4.78, 5) is 0. The molecule has 1 N–H and O–H groups in total. The lowest BCUT2D eigenvalue weighted by molar-refractivity contribution is -0.0970. The molecule has 0 spiro atoms. The van der Waals surface area contributed by atoms with Crippen LogP contribution in [0.3, 0.4) is 0 Å². The van der Waals surface area contributed by atoms with E-state index < -0.39 is 6.29 Å².